The molecule has 1 N–H and O–H groups in total. The molecule has 1 aliphatic heterocycles. The molecule has 5 nitrogen and oxygen atoms in total. The van der Waals surface area contributed by atoms with Gasteiger partial charge in [-0.25, -0.2) is 0 Å². The minimum atomic E-state index is -0.127. The normalized spacial score (nSPS) is 40.8. The number of aliphatic hydroxyl groups is 1. The zero-order chi connectivity index (χ0) is 26.5. The molecule has 1 heterocycles. The number of likely N-dealkylation sites (tertiary alicyclic amines) is 1. The monoisotopic (exact) mass is 512 g/mol. The molecule has 0 unspecified atom stereocenters. The standard InChI is InChI=1S/C32H52N2O3/c1-21(6-11-30(37)34-18-14-24(15-19-34)33(5)22(2)35)27-9-10-28-26-8-7-23-20-25(36)12-16-31(23,3)29(26)13-17-32(27,28)4/h7,21,24-29,36H,6,8-20H2,1-5H3/t21-,25+,26+,27-,28+,29+,31+,32-/m1/s1. The maximum atomic E-state index is 13.1. The molecule has 208 valence electrons. The lowest BCUT2D eigenvalue weighted by Crippen LogP contribution is -2.50. The van der Waals surface area contributed by atoms with Crippen molar-refractivity contribution in [1.29, 1.82) is 0 Å². The first-order chi connectivity index (χ1) is 17.5. The molecule has 1 saturated heterocycles. The van der Waals surface area contributed by atoms with Crippen LogP contribution in [0.3, 0.4) is 0 Å². The van der Waals surface area contributed by atoms with Crippen LogP contribution in [0.5, 0.6) is 0 Å². The summed E-state index contributed by atoms with van der Waals surface area (Å²) in [5, 5.41) is 10.3. The molecular weight excluding hydrogens is 460 g/mol. The maximum absolute atomic E-state index is 13.1. The fourth-order valence-electron chi connectivity index (χ4n) is 10.1. The Morgan fingerprint density at radius 1 is 1.08 bits per heavy atom. The molecule has 3 saturated carbocycles. The van der Waals surface area contributed by atoms with E-state index in [-0.39, 0.29) is 18.1 Å². The molecule has 5 rings (SSSR count). The summed E-state index contributed by atoms with van der Waals surface area (Å²) in [5.41, 5.74) is 2.29. The molecule has 5 heteroatoms. The van der Waals surface area contributed by atoms with E-state index in [1.54, 1.807) is 12.5 Å². The lowest BCUT2D eigenvalue weighted by atomic mass is 9.47. The van der Waals surface area contributed by atoms with Crippen molar-refractivity contribution in [1.82, 2.24) is 9.80 Å². The first kappa shape index (κ1) is 27.2. The quantitative estimate of drug-likeness (QED) is 0.473. The topological polar surface area (TPSA) is 60.9 Å². The van der Waals surface area contributed by atoms with E-state index < -0.39 is 0 Å². The van der Waals surface area contributed by atoms with E-state index in [1.165, 1.54) is 32.1 Å². The highest BCUT2D eigenvalue weighted by molar-refractivity contribution is 5.76. The van der Waals surface area contributed by atoms with Gasteiger partial charge in [0.1, 0.15) is 0 Å². The van der Waals surface area contributed by atoms with Gasteiger partial charge in [0.05, 0.1) is 6.10 Å². The minimum Gasteiger partial charge on any atom is -0.393 e. The number of piperidine rings is 1. The lowest BCUT2D eigenvalue weighted by molar-refractivity contribution is -0.135. The van der Waals surface area contributed by atoms with Crippen molar-refractivity contribution in [3.05, 3.63) is 11.6 Å². The van der Waals surface area contributed by atoms with Gasteiger partial charge in [-0.05, 0) is 111 Å². The third-order valence-electron chi connectivity index (χ3n) is 12.5. The van der Waals surface area contributed by atoms with Gasteiger partial charge >= 0.3 is 0 Å². The van der Waals surface area contributed by atoms with Crippen LogP contribution in [-0.2, 0) is 9.59 Å². The molecule has 4 fully saturated rings. The molecule has 0 aromatic rings. The number of rotatable bonds is 5. The van der Waals surface area contributed by atoms with Crippen molar-refractivity contribution in [2.45, 2.75) is 117 Å². The smallest absolute Gasteiger partial charge is 0.222 e. The number of hydrogen-bond donors (Lipinski definition) is 1. The van der Waals surface area contributed by atoms with Gasteiger partial charge in [0.25, 0.3) is 0 Å². The van der Waals surface area contributed by atoms with Gasteiger partial charge in [-0.15, -0.1) is 0 Å². The molecule has 0 radical (unpaired) electrons. The Kier molecular flexibility index (Phi) is 7.59. The third kappa shape index (κ3) is 4.80. The molecular formula is C32H52N2O3. The number of carbonyl (C=O) groups is 2. The highest BCUT2D eigenvalue weighted by Gasteiger charge is 2.59. The number of fused-ring (bicyclic) bond motifs is 5. The Bertz CT molecular complexity index is 908. The van der Waals surface area contributed by atoms with E-state index in [1.807, 2.05) is 11.9 Å². The summed E-state index contributed by atoms with van der Waals surface area (Å²) in [6.07, 6.45) is 15.5. The summed E-state index contributed by atoms with van der Waals surface area (Å²) in [6, 6.07) is 0.276. The Morgan fingerprint density at radius 2 is 1.81 bits per heavy atom. The van der Waals surface area contributed by atoms with E-state index in [9.17, 15) is 14.7 Å². The molecule has 2 amide bonds. The highest BCUT2D eigenvalue weighted by atomic mass is 16.3. The van der Waals surface area contributed by atoms with E-state index in [0.29, 0.717) is 29.1 Å². The van der Waals surface area contributed by atoms with Crippen LogP contribution in [0, 0.1) is 40.4 Å². The van der Waals surface area contributed by atoms with Crippen molar-refractivity contribution >= 4 is 11.8 Å². The minimum absolute atomic E-state index is 0.118. The van der Waals surface area contributed by atoms with E-state index >= 15 is 0 Å². The molecule has 4 aliphatic carbocycles. The van der Waals surface area contributed by atoms with Crippen LogP contribution in [0.4, 0.5) is 0 Å². The van der Waals surface area contributed by atoms with Crippen molar-refractivity contribution < 1.29 is 14.7 Å². The molecule has 5 aliphatic rings. The van der Waals surface area contributed by atoms with Gasteiger partial charge in [0.15, 0.2) is 0 Å². The van der Waals surface area contributed by atoms with Gasteiger partial charge < -0.3 is 14.9 Å². The molecule has 0 spiro atoms. The second-order valence-electron chi connectivity index (χ2n) is 14.1. The average molecular weight is 513 g/mol. The SMILES string of the molecule is CC(=O)N(C)C1CCN(C(=O)CC[C@@H](C)[C@H]2CC[C@H]3[C@@H]4CC=C5C[C@@H](O)CC[C@]5(C)[C@H]4CC[C@]23C)CC1. The van der Waals surface area contributed by atoms with Crippen LogP contribution in [-0.4, -0.2) is 59.0 Å². The average Bonchev–Trinajstić information content (AvgIpc) is 3.24. The van der Waals surface area contributed by atoms with Crippen LogP contribution in [0.15, 0.2) is 11.6 Å². The predicted octanol–water partition coefficient (Wildman–Crippen LogP) is 5.81. The molecule has 0 aromatic carbocycles. The zero-order valence-corrected chi connectivity index (χ0v) is 24.2. The maximum Gasteiger partial charge on any atom is 0.222 e. The van der Waals surface area contributed by atoms with Crippen molar-refractivity contribution in [3.63, 3.8) is 0 Å². The predicted molar refractivity (Wildman–Crippen MR) is 148 cm³/mol. The highest BCUT2D eigenvalue weighted by Crippen LogP contribution is 2.67. The fourth-order valence-corrected chi connectivity index (χ4v) is 10.1. The van der Waals surface area contributed by atoms with Crippen molar-refractivity contribution in [2.75, 3.05) is 20.1 Å². The second kappa shape index (κ2) is 10.3. The molecule has 0 aromatic heterocycles. The van der Waals surface area contributed by atoms with E-state index in [2.05, 4.69) is 31.7 Å². The van der Waals surface area contributed by atoms with Crippen molar-refractivity contribution in [2.24, 2.45) is 40.4 Å². The lowest BCUT2D eigenvalue weighted by Gasteiger charge is -2.58. The summed E-state index contributed by atoms with van der Waals surface area (Å²) < 4.78 is 0. The summed E-state index contributed by atoms with van der Waals surface area (Å²) >= 11 is 0. The largest absolute Gasteiger partial charge is 0.393 e. The number of amides is 2. The van der Waals surface area contributed by atoms with Crippen LogP contribution < -0.4 is 0 Å². The number of nitrogens with zero attached hydrogens (tertiary/aromatic N) is 2. The van der Waals surface area contributed by atoms with Gasteiger partial charge in [-0.3, -0.25) is 9.59 Å². The number of aliphatic hydroxyl groups excluding tert-OH is 1. The summed E-state index contributed by atoms with van der Waals surface area (Å²) in [7, 11) is 1.89. The fraction of sp³-hybridized carbons (Fsp3) is 0.875. The molecule has 37 heavy (non-hydrogen) atoms. The van der Waals surface area contributed by atoms with Gasteiger partial charge in [-0.1, -0.05) is 32.4 Å². The van der Waals surface area contributed by atoms with Gasteiger partial charge in [0, 0.05) is 39.5 Å². The summed E-state index contributed by atoms with van der Waals surface area (Å²) in [6.45, 7) is 10.7. The van der Waals surface area contributed by atoms with Crippen LogP contribution in [0.2, 0.25) is 0 Å². The Morgan fingerprint density at radius 3 is 2.51 bits per heavy atom. The Balaban J connectivity index is 1.17. The summed E-state index contributed by atoms with van der Waals surface area (Å²) in [4.78, 5) is 28.7. The Labute approximate surface area is 225 Å². The van der Waals surface area contributed by atoms with Crippen LogP contribution >= 0.6 is 0 Å². The van der Waals surface area contributed by atoms with E-state index in [0.717, 1.165) is 75.3 Å². The number of allylic oxidation sites excluding steroid dienone is 1. The first-order valence-electron chi connectivity index (χ1n) is 15.4. The van der Waals surface area contributed by atoms with Crippen molar-refractivity contribution in [3.8, 4) is 0 Å². The van der Waals surface area contributed by atoms with Gasteiger partial charge in [-0.2, -0.15) is 0 Å². The molecule has 8 atom stereocenters. The van der Waals surface area contributed by atoms with Gasteiger partial charge in [0.2, 0.25) is 11.8 Å². The zero-order valence-electron chi connectivity index (χ0n) is 24.2. The third-order valence-corrected chi connectivity index (χ3v) is 12.5. The first-order valence-corrected chi connectivity index (χ1v) is 15.4. The van der Waals surface area contributed by atoms with Crippen LogP contribution in [0.25, 0.3) is 0 Å². The second-order valence-corrected chi connectivity index (χ2v) is 14.1. The molecule has 0 bridgehead atoms. The summed E-state index contributed by atoms with van der Waals surface area (Å²) in [5.74, 6) is 4.16. The van der Waals surface area contributed by atoms with E-state index in [4.69, 9.17) is 0 Å². The Hall–Kier alpha value is -1.36. The number of carbonyl (C=O) groups excluding carboxylic acids is 2. The number of hydrogen-bond acceptors (Lipinski definition) is 3. The van der Waals surface area contributed by atoms with Crippen LogP contribution in [0.1, 0.15) is 105 Å².